The van der Waals surface area contributed by atoms with Crippen LogP contribution < -0.4 is 9.67 Å². The second-order valence-electron chi connectivity index (χ2n) is 7.24. The topological polar surface area (TPSA) is 149 Å². The monoisotopic (exact) mass is 490 g/mol. The third kappa shape index (κ3) is 5.45. The molecule has 4 rings (SSSR count). The SMILES string of the molecule is CC(=O)Nc1cccc([As](=O)(O)OO)c1.O=C(O)C1CCc2[nH]c3ccccc3c2C1. The van der Waals surface area contributed by atoms with E-state index in [1.165, 1.54) is 41.8 Å². The first-order chi connectivity index (χ1) is 14.7. The standard InChI is InChI=1S/C13H13NO2.C8H10AsNO5/c15-13(16)8-5-6-12-10(7-8)9-3-1-2-4-11(9)14-12;1-6(11)10-8-4-2-3-7(5-8)9(12,13)15-14/h1-4,8,14H,5-7H2,(H,15,16);2-5,14H,1H3,(H,10,11)(H,12,13). The maximum absolute atomic E-state index is 11.3. The summed E-state index contributed by atoms with van der Waals surface area (Å²) >= 11 is -4.83. The number of aromatic amines is 1. The number of aryl methyl sites for hydroxylation is 1. The molecular weight excluding hydrogens is 467 g/mol. The maximum Gasteiger partial charge on any atom is 0.306 e. The summed E-state index contributed by atoms with van der Waals surface area (Å²) in [5, 5.41) is 20.9. The maximum atomic E-state index is 11.3. The number of anilines is 1. The van der Waals surface area contributed by atoms with E-state index in [9.17, 15) is 17.4 Å². The van der Waals surface area contributed by atoms with E-state index in [1.807, 2.05) is 18.2 Å². The smallest absolute Gasteiger partial charge is 0.306 e. The van der Waals surface area contributed by atoms with Crippen LogP contribution in [0.3, 0.4) is 0 Å². The average Bonchev–Trinajstić information content (AvgIpc) is 3.12. The van der Waals surface area contributed by atoms with Gasteiger partial charge in [-0.2, -0.15) is 0 Å². The molecule has 1 aliphatic rings. The number of fused-ring (bicyclic) bond motifs is 3. The number of hydrogen-bond acceptors (Lipinski definition) is 5. The molecule has 2 aromatic carbocycles. The number of aliphatic carboxylic acids is 1. The van der Waals surface area contributed by atoms with Gasteiger partial charge in [-0.05, 0) is 30.9 Å². The first-order valence-electron chi connectivity index (χ1n) is 9.56. The number of carboxylic acids is 1. The normalized spacial score (nSPS) is 17.1. The van der Waals surface area contributed by atoms with Crippen molar-refractivity contribution in [1.29, 1.82) is 0 Å². The number of rotatable bonds is 4. The quantitative estimate of drug-likeness (QED) is 0.214. The molecule has 10 heteroatoms. The summed E-state index contributed by atoms with van der Waals surface area (Å²) in [6, 6.07) is 13.7. The van der Waals surface area contributed by atoms with Gasteiger partial charge in [0.25, 0.3) is 0 Å². The van der Waals surface area contributed by atoms with Gasteiger partial charge in [-0.15, -0.1) is 0 Å². The molecule has 2 atom stereocenters. The van der Waals surface area contributed by atoms with Gasteiger partial charge in [0.1, 0.15) is 0 Å². The molecule has 0 radical (unpaired) electrons. The molecule has 1 aromatic heterocycles. The van der Waals surface area contributed by atoms with Crippen molar-refractivity contribution in [2.24, 2.45) is 5.92 Å². The largest absolute Gasteiger partial charge is 0.481 e. The third-order valence-corrected chi connectivity index (χ3v) is 7.47. The van der Waals surface area contributed by atoms with Crippen LogP contribution in [0.2, 0.25) is 0 Å². The van der Waals surface area contributed by atoms with Crippen LogP contribution in [0.1, 0.15) is 24.6 Å². The number of amides is 1. The van der Waals surface area contributed by atoms with Gasteiger partial charge in [0.15, 0.2) is 0 Å². The molecule has 0 aliphatic heterocycles. The van der Waals surface area contributed by atoms with Gasteiger partial charge in [0.05, 0.1) is 5.92 Å². The van der Waals surface area contributed by atoms with Gasteiger partial charge in [0, 0.05) is 16.6 Å². The van der Waals surface area contributed by atoms with Crippen molar-refractivity contribution >= 4 is 47.0 Å². The Kier molecular flexibility index (Phi) is 7.02. The zero-order valence-electron chi connectivity index (χ0n) is 16.7. The summed E-state index contributed by atoms with van der Waals surface area (Å²) in [5.41, 5.74) is 3.92. The van der Waals surface area contributed by atoms with E-state index in [0.29, 0.717) is 12.1 Å². The number of H-pyrrole nitrogens is 1. The Morgan fingerprint density at radius 1 is 1.19 bits per heavy atom. The van der Waals surface area contributed by atoms with Crippen molar-refractivity contribution in [1.82, 2.24) is 4.98 Å². The van der Waals surface area contributed by atoms with Crippen LogP contribution in [0.25, 0.3) is 10.9 Å². The number of hydrogen-bond donors (Lipinski definition) is 5. The summed E-state index contributed by atoms with van der Waals surface area (Å²) in [5.74, 6) is -1.18. The van der Waals surface area contributed by atoms with Crippen LogP contribution in [0.15, 0.2) is 48.5 Å². The van der Waals surface area contributed by atoms with Crippen LogP contribution in [-0.2, 0) is 30.0 Å². The van der Waals surface area contributed by atoms with Crippen molar-refractivity contribution in [3.8, 4) is 0 Å². The minimum absolute atomic E-state index is 0.0399. The number of carbonyl (C=O) groups is 2. The Hall–Kier alpha value is -2.84. The molecule has 0 saturated heterocycles. The fourth-order valence-corrected chi connectivity index (χ4v) is 5.00. The average molecular weight is 490 g/mol. The minimum atomic E-state index is -4.83. The van der Waals surface area contributed by atoms with Crippen molar-refractivity contribution in [2.75, 3.05) is 5.32 Å². The number of nitrogens with one attached hydrogen (secondary N) is 2. The first-order valence-corrected chi connectivity index (χ1v) is 12.9. The Morgan fingerprint density at radius 3 is 2.61 bits per heavy atom. The van der Waals surface area contributed by atoms with Crippen molar-refractivity contribution in [3.05, 3.63) is 59.8 Å². The minimum Gasteiger partial charge on any atom is -0.481 e. The molecule has 2 unspecified atom stereocenters. The second kappa shape index (κ2) is 9.53. The molecule has 0 bridgehead atoms. The van der Waals surface area contributed by atoms with Gasteiger partial charge in [0.2, 0.25) is 0 Å². The van der Waals surface area contributed by atoms with Gasteiger partial charge >= 0.3 is 94.4 Å². The third-order valence-electron chi connectivity index (χ3n) is 5.05. The number of benzene rings is 2. The second-order valence-corrected chi connectivity index (χ2v) is 10.8. The summed E-state index contributed by atoms with van der Waals surface area (Å²) in [6.45, 7) is 1.32. The fourth-order valence-electron chi connectivity index (χ4n) is 3.59. The molecule has 5 N–H and O–H groups in total. The molecule has 1 aliphatic carbocycles. The van der Waals surface area contributed by atoms with E-state index in [2.05, 4.69) is 20.2 Å². The number of aromatic nitrogens is 1. The van der Waals surface area contributed by atoms with Crippen LogP contribution in [0, 0.1) is 5.92 Å². The molecule has 0 spiro atoms. The number of para-hydroxylation sites is 1. The summed E-state index contributed by atoms with van der Waals surface area (Å²) < 4.78 is 23.9. The van der Waals surface area contributed by atoms with Gasteiger partial charge in [-0.3, -0.25) is 4.79 Å². The molecule has 31 heavy (non-hydrogen) atoms. The predicted octanol–water partition coefficient (Wildman–Crippen LogP) is 2.06. The van der Waals surface area contributed by atoms with Crippen molar-refractivity contribution in [3.63, 3.8) is 0 Å². The molecular formula is C21H23AsN2O7. The van der Waals surface area contributed by atoms with E-state index in [4.69, 9.17) is 10.4 Å². The zero-order chi connectivity index (χ0) is 22.6. The zero-order valence-corrected chi connectivity index (χ0v) is 18.6. The Labute approximate surface area is 181 Å². The van der Waals surface area contributed by atoms with Crippen LogP contribution in [0.5, 0.6) is 0 Å². The molecule has 0 fully saturated rings. The Balaban J connectivity index is 0.000000176. The fraction of sp³-hybridized carbons (Fsp3) is 0.238. The van der Waals surface area contributed by atoms with Gasteiger partial charge in [-0.1, -0.05) is 18.2 Å². The van der Waals surface area contributed by atoms with E-state index in [1.54, 1.807) is 6.07 Å². The molecule has 164 valence electrons. The predicted molar refractivity (Wildman–Crippen MR) is 114 cm³/mol. The summed E-state index contributed by atoms with van der Waals surface area (Å²) in [7, 11) is 0. The van der Waals surface area contributed by atoms with Crippen molar-refractivity contribution in [2.45, 2.75) is 26.2 Å². The molecule has 9 nitrogen and oxygen atoms in total. The van der Waals surface area contributed by atoms with Crippen LogP contribution >= 0.6 is 0 Å². The van der Waals surface area contributed by atoms with Crippen LogP contribution in [0.4, 0.5) is 5.69 Å². The molecule has 3 aromatic rings. The van der Waals surface area contributed by atoms with E-state index >= 15 is 0 Å². The molecule has 1 heterocycles. The Morgan fingerprint density at radius 2 is 1.94 bits per heavy atom. The molecule has 0 saturated carbocycles. The van der Waals surface area contributed by atoms with Gasteiger partial charge in [-0.25, -0.2) is 0 Å². The molecule has 1 amide bonds. The van der Waals surface area contributed by atoms with Gasteiger partial charge < -0.3 is 10.1 Å². The number of carboxylic acid groups (broad SMARTS) is 1. The Bertz CT molecular complexity index is 1160. The van der Waals surface area contributed by atoms with Crippen LogP contribution in [-0.4, -0.2) is 45.5 Å². The summed E-state index contributed by atoms with van der Waals surface area (Å²) in [6.07, 6.45) is 2.25. The van der Waals surface area contributed by atoms with E-state index in [0.717, 1.165) is 18.4 Å². The van der Waals surface area contributed by atoms with E-state index < -0.39 is 20.1 Å². The number of carbonyl (C=O) groups excluding carboxylic acids is 1. The van der Waals surface area contributed by atoms with E-state index in [-0.39, 0.29) is 16.2 Å². The first kappa shape index (κ1) is 22.8. The van der Waals surface area contributed by atoms with Crippen molar-refractivity contribution < 1.29 is 31.7 Å². The summed E-state index contributed by atoms with van der Waals surface area (Å²) in [4.78, 5) is 25.1.